The zero-order valence-electron chi connectivity index (χ0n) is 13.1. The van der Waals surface area contributed by atoms with Gasteiger partial charge in [-0.05, 0) is 36.1 Å². The number of aromatic nitrogens is 1. The van der Waals surface area contributed by atoms with Crippen LogP contribution in [0, 0.1) is 6.92 Å². The number of hydrogen-bond acceptors (Lipinski definition) is 1. The highest BCUT2D eigenvalue weighted by Gasteiger charge is 2.16. The summed E-state index contributed by atoms with van der Waals surface area (Å²) in [6.45, 7) is 6.22. The minimum absolute atomic E-state index is 0.0956. The van der Waals surface area contributed by atoms with Crippen molar-refractivity contribution in [3.63, 3.8) is 0 Å². The van der Waals surface area contributed by atoms with E-state index in [0.717, 1.165) is 27.7 Å². The van der Waals surface area contributed by atoms with Gasteiger partial charge in [0, 0.05) is 16.6 Å². The second kappa shape index (κ2) is 5.68. The molecule has 112 valence electrons. The first-order valence-corrected chi connectivity index (χ1v) is 7.55. The molecule has 3 heteroatoms. The second-order valence-electron chi connectivity index (χ2n) is 5.87. The SMILES string of the molecule is Cc1c(C(=O)Nc2ccccc2C(C)C)[nH]c2ccccc12. The first-order valence-electron chi connectivity index (χ1n) is 7.55. The van der Waals surface area contributed by atoms with Gasteiger partial charge in [-0.1, -0.05) is 50.2 Å². The first-order chi connectivity index (χ1) is 10.6. The maximum absolute atomic E-state index is 12.6. The Morgan fingerprint density at radius 2 is 1.73 bits per heavy atom. The topological polar surface area (TPSA) is 44.9 Å². The molecule has 1 aromatic heterocycles. The van der Waals surface area contributed by atoms with Gasteiger partial charge in [0.2, 0.25) is 0 Å². The fourth-order valence-corrected chi connectivity index (χ4v) is 2.81. The number of anilines is 1. The summed E-state index contributed by atoms with van der Waals surface area (Å²) in [6.07, 6.45) is 0. The summed E-state index contributed by atoms with van der Waals surface area (Å²) in [5.74, 6) is 0.266. The van der Waals surface area contributed by atoms with Crippen LogP contribution in [-0.2, 0) is 0 Å². The van der Waals surface area contributed by atoms with Crippen molar-refractivity contribution in [1.82, 2.24) is 4.98 Å². The lowest BCUT2D eigenvalue weighted by molar-refractivity contribution is 0.102. The van der Waals surface area contributed by atoms with Crippen molar-refractivity contribution < 1.29 is 4.79 Å². The number of benzene rings is 2. The zero-order valence-corrected chi connectivity index (χ0v) is 13.1. The molecule has 0 aliphatic rings. The molecule has 0 radical (unpaired) electrons. The van der Waals surface area contributed by atoms with Gasteiger partial charge in [0.05, 0.1) is 0 Å². The summed E-state index contributed by atoms with van der Waals surface area (Å²) in [7, 11) is 0. The van der Waals surface area contributed by atoms with Crippen LogP contribution in [0.25, 0.3) is 10.9 Å². The number of nitrogens with one attached hydrogen (secondary N) is 2. The molecule has 0 unspecified atom stereocenters. The van der Waals surface area contributed by atoms with E-state index in [0.29, 0.717) is 11.6 Å². The summed E-state index contributed by atoms with van der Waals surface area (Å²) in [6, 6.07) is 15.9. The number of fused-ring (bicyclic) bond motifs is 1. The van der Waals surface area contributed by atoms with Crippen LogP contribution >= 0.6 is 0 Å². The van der Waals surface area contributed by atoms with Crippen LogP contribution in [0.2, 0.25) is 0 Å². The highest BCUT2D eigenvalue weighted by atomic mass is 16.1. The summed E-state index contributed by atoms with van der Waals surface area (Å²) in [4.78, 5) is 15.9. The molecule has 0 fully saturated rings. The number of aromatic amines is 1. The van der Waals surface area contributed by atoms with Gasteiger partial charge in [-0.25, -0.2) is 0 Å². The van der Waals surface area contributed by atoms with Crippen molar-refractivity contribution in [1.29, 1.82) is 0 Å². The number of H-pyrrole nitrogens is 1. The Hall–Kier alpha value is -2.55. The van der Waals surface area contributed by atoms with Crippen LogP contribution in [0.3, 0.4) is 0 Å². The number of rotatable bonds is 3. The Morgan fingerprint density at radius 1 is 1.05 bits per heavy atom. The van der Waals surface area contributed by atoms with Crippen molar-refractivity contribution in [2.45, 2.75) is 26.7 Å². The number of amides is 1. The fourth-order valence-electron chi connectivity index (χ4n) is 2.81. The van der Waals surface area contributed by atoms with Gasteiger partial charge in [0.25, 0.3) is 5.91 Å². The standard InChI is InChI=1S/C19H20N2O/c1-12(2)14-8-4-6-10-16(14)21-19(22)18-13(3)15-9-5-7-11-17(15)20-18/h4-12,20H,1-3H3,(H,21,22). The number of carbonyl (C=O) groups excluding carboxylic acids is 1. The van der Waals surface area contributed by atoms with Gasteiger partial charge in [-0.3, -0.25) is 4.79 Å². The van der Waals surface area contributed by atoms with Crippen LogP contribution in [0.15, 0.2) is 48.5 Å². The van der Waals surface area contributed by atoms with E-state index < -0.39 is 0 Å². The second-order valence-corrected chi connectivity index (χ2v) is 5.87. The Labute approximate surface area is 130 Å². The van der Waals surface area contributed by atoms with E-state index in [4.69, 9.17) is 0 Å². The minimum atomic E-state index is -0.0956. The molecule has 2 aromatic carbocycles. The van der Waals surface area contributed by atoms with Crippen LogP contribution in [0.4, 0.5) is 5.69 Å². The van der Waals surface area contributed by atoms with Gasteiger partial charge in [-0.2, -0.15) is 0 Å². The summed E-state index contributed by atoms with van der Waals surface area (Å²) in [5, 5.41) is 4.13. The molecule has 3 rings (SSSR count). The highest BCUT2D eigenvalue weighted by Crippen LogP contribution is 2.26. The maximum Gasteiger partial charge on any atom is 0.272 e. The largest absolute Gasteiger partial charge is 0.350 e. The van der Waals surface area contributed by atoms with E-state index in [1.165, 1.54) is 0 Å². The number of aryl methyl sites for hydroxylation is 1. The smallest absolute Gasteiger partial charge is 0.272 e. The van der Waals surface area contributed by atoms with Gasteiger partial charge < -0.3 is 10.3 Å². The average Bonchev–Trinajstić information content (AvgIpc) is 2.85. The Morgan fingerprint density at radius 3 is 2.45 bits per heavy atom. The molecule has 2 N–H and O–H groups in total. The van der Waals surface area contributed by atoms with Crippen LogP contribution < -0.4 is 5.32 Å². The lowest BCUT2D eigenvalue weighted by atomic mass is 10.0. The zero-order chi connectivity index (χ0) is 15.7. The quantitative estimate of drug-likeness (QED) is 0.712. The lowest BCUT2D eigenvalue weighted by Crippen LogP contribution is -2.15. The predicted octanol–water partition coefficient (Wildman–Crippen LogP) is 4.85. The van der Waals surface area contributed by atoms with E-state index in [-0.39, 0.29) is 5.91 Å². The summed E-state index contributed by atoms with van der Waals surface area (Å²) >= 11 is 0. The van der Waals surface area contributed by atoms with E-state index in [1.807, 2.05) is 49.4 Å². The molecule has 0 saturated heterocycles. The summed E-state index contributed by atoms with van der Waals surface area (Å²) in [5.41, 5.74) is 4.61. The summed E-state index contributed by atoms with van der Waals surface area (Å²) < 4.78 is 0. The van der Waals surface area contributed by atoms with E-state index in [9.17, 15) is 4.79 Å². The first kappa shape index (κ1) is 14.4. The lowest BCUT2D eigenvalue weighted by Gasteiger charge is -2.13. The van der Waals surface area contributed by atoms with Gasteiger partial charge >= 0.3 is 0 Å². The molecule has 22 heavy (non-hydrogen) atoms. The third kappa shape index (κ3) is 2.50. The van der Waals surface area contributed by atoms with Crippen LogP contribution in [0.5, 0.6) is 0 Å². The number of para-hydroxylation sites is 2. The van der Waals surface area contributed by atoms with Crippen molar-refractivity contribution in [3.8, 4) is 0 Å². The predicted molar refractivity (Wildman–Crippen MR) is 91.5 cm³/mol. The minimum Gasteiger partial charge on any atom is -0.350 e. The molecular weight excluding hydrogens is 272 g/mol. The van der Waals surface area contributed by atoms with Crippen molar-refractivity contribution in [2.75, 3.05) is 5.32 Å². The molecule has 3 aromatic rings. The van der Waals surface area contributed by atoms with Gasteiger partial charge in [0.1, 0.15) is 5.69 Å². The molecule has 0 bridgehead atoms. The Bertz CT molecular complexity index is 830. The highest BCUT2D eigenvalue weighted by molar-refractivity contribution is 6.08. The monoisotopic (exact) mass is 292 g/mol. The third-order valence-electron chi connectivity index (χ3n) is 4.02. The van der Waals surface area contributed by atoms with E-state index >= 15 is 0 Å². The third-order valence-corrected chi connectivity index (χ3v) is 4.02. The maximum atomic E-state index is 12.6. The molecular formula is C19H20N2O. The molecule has 0 saturated carbocycles. The normalized spacial score (nSPS) is 11.1. The molecule has 3 nitrogen and oxygen atoms in total. The van der Waals surface area contributed by atoms with E-state index in [1.54, 1.807) is 0 Å². The molecule has 0 atom stereocenters. The molecule has 0 aliphatic carbocycles. The van der Waals surface area contributed by atoms with Crippen molar-refractivity contribution in [3.05, 3.63) is 65.4 Å². The van der Waals surface area contributed by atoms with Crippen molar-refractivity contribution in [2.24, 2.45) is 0 Å². The van der Waals surface area contributed by atoms with Crippen LogP contribution in [-0.4, -0.2) is 10.9 Å². The molecule has 0 aliphatic heterocycles. The average molecular weight is 292 g/mol. The molecule has 0 spiro atoms. The Balaban J connectivity index is 1.96. The Kier molecular flexibility index (Phi) is 3.72. The fraction of sp³-hybridized carbons (Fsp3) is 0.211. The molecule has 1 amide bonds. The number of carbonyl (C=O) groups is 1. The van der Waals surface area contributed by atoms with Crippen LogP contribution in [0.1, 0.15) is 41.4 Å². The van der Waals surface area contributed by atoms with E-state index in [2.05, 4.69) is 30.2 Å². The molecule has 1 heterocycles. The number of hydrogen-bond donors (Lipinski definition) is 2. The van der Waals surface area contributed by atoms with Crippen molar-refractivity contribution >= 4 is 22.5 Å². The van der Waals surface area contributed by atoms with Gasteiger partial charge in [-0.15, -0.1) is 0 Å². The van der Waals surface area contributed by atoms with Gasteiger partial charge in [0.15, 0.2) is 0 Å².